The van der Waals surface area contributed by atoms with Crippen LogP contribution in [0, 0.1) is 0 Å². The summed E-state index contributed by atoms with van der Waals surface area (Å²) in [7, 11) is 0. The number of halogens is 1. The maximum absolute atomic E-state index is 11.6. The van der Waals surface area contributed by atoms with Crippen molar-refractivity contribution in [3.63, 3.8) is 0 Å². The molecule has 2 heterocycles. The molecular formula is C10H9BrN4O2. The molecule has 0 saturated heterocycles. The summed E-state index contributed by atoms with van der Waals surface area (Å²) in [6.07, 6.45) is 3.41. The molecule has 0 saturated carbocycles. The Bertz CT molecular complexity index is 484. The zero-order chi connectivity index (χ0) is 12.1. The van der Waals surface area contributed by atoms with E-state index in [1.807, 2.05) is 0 Å². The Labute approximate surface area is 106 Å². The van der Waals surface area contributed by atoms with Crippen LogP contribution in [0.3, 0.4) is 0 Å². The number of pyridine rings is 1. The van der Waals surface area contributed by atoms with Crippen LogP contribution in [-0.4, -0.2) is 27.6 Å². The minimum atomic E-state index is -0.225. The minimum absolute atomic E-state index is 0.225. The van der Waals surface area contributed by atoms with Gasteiger partial charge < -0.3 is 9.84 Å². The van der Waals surface area contributed by atoms with E-state index in [1.165, 1.54) is 6.33 Å². The SMILES string of the molecule is O=C(NCCc1ncno1)c1ccc(Br)cn1. The van der Waals surface area contributed by atoms with Crippen LogP contribution >= 0.6 is 15.9 Å². The second-order valence-electron chi connectivity index (χ2n) is 3.20. The average Bonchev–Trinajstić information content (AvgIpc) is 2.83. The van der Waals surface area contributed by atoms with Crippen LogP contribution in [0.15, 0.2) is 33.7 Å². The second-order valence-corrected chi connectivity index (χ2v) is 4.12. The van der Waals surface area contributed by atoms with Crippen molar-refractivity contribution in [3.8, 4) is 0 Å². The van der Waals surface area contributed by atoms with Crippen molar-refractivity contribution in [1.82, 2.24) is 20.4 Å². The molecule has 0 aromatic carbocycles. The van der Waals surface area contributed by atoms with Crippen LogP contribution in [0.4, 0.5) is 0 Å². The number of nitrogens with one attached hydrogen (secondary N) is 1. The van der Waals surface area contributed by atoms with Gasteiger partial charge in [-0.25, -0.2) is 4.98 Å². The molecular weight excluding hydrogens is 288 g/mol. The van der Waals surface area contributed by atoms with Gasteiger partial charge in [0, 0.05) is 23.6 Å². The van der Waals surface area contributed by atoms with Gasteiger partial charge in [-0.2, -0.15) is 4.98 Å². The molecule has 7 heteroatoms. The molecule has 0 spiro atoms. The predicted molar refractivity (Wildman–Crippen MR) is 62.3 cm³/mol. The Morgan fingerprint density at radius 1 is 1.41 bits per heavy atom. The van der Waals surface area contributed by atoms with E-state index in [2.05, 4.69) is 36.4 Å². The summed E-state index contributed by atoms with van der Waals surface area (Å²) in [5, 5.41) is 6.18. The zero-order valence-corrected chi connectivity index (χ0v) is 10.3. The summed E-state index contributed by atoms with van der Waals surface area (Å²) in [6, 6.07) is 3.41. The van der Waals surface area contributed by atoms with Gasteiger partial charge in [-0.3, -0.25) is 4.79 Å². The zero-order valence-electron chi connectivity index (χ0n) is 8.76. The third kappa shape index (κ3) is 3.35. The van der Waals surface area contributed by atoms with Gasteiger partial charge in [0.2, 0.25) is 5.89 Å². The van der Waals surface area contributed by atoms with Crippen LogP contribution in [0.1, 0.15) is 16.4 Å². The van der Waals surface area contributed by atoms with Crippen molar-refractivity contribution in [2.24, 2.45) is 0 Å². The van der Waals surface area contributed by atoms with Crippen LogP contribution in [0.25, 0.3) is 0 Å². The van der Waals surface area contributed by atoms with E-state index in [0.29, 0.717) is 24.6 Å². The molecule has 17 heavy (non-hydrogen) atoms. The van der Waals surface area contributed by atoms with Gasteiger partial charge in [0.25, 0.3) is 5.91 Å². The van der Waals surface area contributed by atoms with E-state index in [-0.39, 0.29) is 5.91 Å². The molecule has 0 bridgehead atoms. The molecule has 2 rings (SSSR count). The minimum Gasteiger partial charge on any atom is -0.350 e. The third-order valence-electron chi connectivity index (χ3n) is 1.99. The highest BCUT2D eigenvalue weighted by molar-refractivity contribution is 9.10. The molecule has 2 aromatic rings. The van der Waals surface area contributed by atoms with Crippen molar-refractivity contribution >= 4 is 21.8 Å². The van der Waals surface area contributed by atoms with Gasteiger partial charge in [-0.05, 0) is 28.1 Å². The molecule has 1 N–H and O–H groups in total. The number of nitrogens with zero attached hydrogens (tertiary/aromatic N) is 3. The smallest absolute Gasteiger partial charge is 0.269 e. The standard InChI is InChI=1S/C10H9BrN4O2/c11-7-1-2-8(13-5-7)10(16)12-4-3-9-14-6-15-17-9/h1-2,5-6H,3-4H2,(H,12,16). The lowest BCUT2D eigenvalue weighted by Gasteiger charge is -2.02. The first-order valence-electron chi connectivity index (χ1n) is 4.91. The predicted octanol–water partition coefficient (Wildman–Crippen LogP) is 1.20. The molecule has 2 aromatic heterocycles. The number of carbonyl (C=O) groups is 1. The van der Waals surface area contributed by atoms with E-state index in [9.17, 15) is 4.79 Å². The Morgan fingerprint density at radius 2 is 2.29 bits per heavy atom. The third-order valence-corrected chi connectivity index (χ3v) is 2.46. The van der Waals surface area contributed by atoms with Crippen LogP contribution in [0.2, 0.25) is 0 Å². The fourth-order valence-corrected chi connectivity index (χ4v) is 1.42. The van der Waals surface area contributed by atoms with Gasteiger partial charge in [-0.1, -0.05) is 5.16 Å². The number of aromatic nitrogens is 3. The molecule has 0 fully saturated rings. The van der Waals surface area contributed by atoms with Gasteiger partial charge in [-0.15, -0.1) is 0 Å². The summed E-state index contributed by atoms with van der Waals surface area (Å²) in [6.45, 7) is 0.429. The number of hydrogen-bond acceptors (Lipinski definition) is 5. The number of rotatable bonds is 4. The van der Waals surface area contributed by atoms with Gasteiger partial charge >= 0.3 is 0 Å². The summed E-state index contributed by atoms with van der Waals surface area (Å²) in [5.74, 6) is 0.270. The van der Waals surface area contributed by atoms with E-state index in [0.717, 1.165) is 4.47 Å². The van der Waals surface area contributed by atoms with Gasteiger partial charge in [0.1, 0.15) is 5.69 Å². The molecule has 0 radical (unpaired) electrons. The lowest BCUT2D eigenvalue weighted by atomic mass is 10.3. The fourth-order valence-electron chi connectivity index (χ4n) is 1.19. The van der Waals surface area contributed by atoms with Crippen molar-refractivity contribution in [3.05, 3.63) is 40.7 Å². The highest BCUT2D eigenvalue weighted by Gasteiger charge is 2.06. The monoisotopic (exact) mass is 296 g/mol. The van der Waals surface area contributed by atoms with Gasteiger partial charge in [0.15, 0.2) is 6.33 Å². The Hall–Kier alpha value is -1.76. The van der Waals surface area contributed by atoms with E-state index in [1.54, 1.807) is 18.3 Å². The Morgan fingerprint density at radius 3 is 2.94 bits per heavy atom. The molecule has 0 atom stereocenters. The number of hydrogen-bond donors (Lipinski definition) is 1. The Balaban J connectivity index is 1.83. The van der Waals surface area contributed by atoms with E-state index < -0.39 is 0 Å². The summed E-state index contributed by atoms with van der Waals surface area (Å²) >= 11 is 3.25. The maximum atomic E-state index is 11.6. The lowest BCUT2D eigenvalue weighted by Crippen LogP contribution is -2.26. The summed E-state index contributed by atoms with van der Waals surface area (Å²) < 4.78 is 5.64. The highest BCUT2D eigenvalue weighted by atomic mass is 79.9. The fraction of sp³-hybridized carbons (Fsp3) is 0.200. The quantitative estimate of drug-likeness (QED) is 0.917. The molecule has 0 aliphatic rings. The Kier molecular flexibility index (Phi) is 3.81. The summed E-state index contributed by atoms with van der Waals surface area (Å²) in [5.41, 5.74) is 0.374. The molecule has 1 amide bonds. The highest BCUT2D eigenvalue weighted by Crippen LogP contribution is 2.07. The average molecular weight is 297 g/mol. The first kappa shape index (κ1) is 11.7. The molecule has 6 nitrogen and oxygen atoms in total. The van der Waals surface area contributed by atoms with Crippen molar-refractivity contribution < 1.29 is 9.32 Å². The molecule has 0 aliphatic heterocycles. The lowest BCUT2D eigenvalue weighted by molar-refractivity contribution is 0.0948. The van der Waals surface area contributed by atoms with E-state index >= 15 is 0 Å². The topological polar surface area (TPSA) is 80.9 Å². The van der Waals surface area contributed by atoms with Crippen molar-refractivity contribution in [2.75, 3.05) is 6.54 Å². The molecule has 88 valence electrons. The van der Waals surface area contributed by atoms with Gasteiger partial charge in [0.05, 0.1) is 0 Å². The molecule has 0 aliphatic carbocycles. The first-order chi connectivity index (χ1) is 8.25. The summed E-state index contributed by atoms with van der Waals surface area (Å²) in [4.78, 5) is 19.5. The largest absolute Gasteiger partial charge is 0.350 e. The van der Waals surface area contributed by atoms with Crippen LogP contribution in [-0.2, 0) is 6.42 Å². The first-order valence-corrected chi connectivity index (χ1v) is 5.70. The number of carbonyl (C=O) groups excluding carboxylic acids is 1. The van der Waals surface area contributed by atoms with Crippen molar-refractivity contribution in [2.45, 2.75) is 6.42 Å². The van der Waals surface area contributed by atoms with E-state index in [4.69, 9.17) is 4.52 Å². The normalized spacial score (nSPS) is 10.2. The molecule has 0 unspecified atom stereocenters. The number of amides is 1. The maximum Gasteiger partial charge on any atom is 0.269 e. The second kappa shape index (κ2) is 5.53. The van der Waals surface area contributed by atoms with Crippen LogP contribution in [0.5, 0.6) is 0 Å². The van der Waals surface area contributed by atoms with Crippen molar-refractivity contribution in [1.29, 1.82) is 0 Å². The van der Waals surface area contributed by atoms with Crippen LogP contribution < -0.4 is 5.32 Å².